The summed E-state index contributed by atoms with van der Waals surface area (Å²) < 4.78 is 6.04. The number of nitrogens with zero attached hydrogens (tertiary/aromatic N) is 5. The second-order valence-corrected chi connectivity index (χ2v) is 9.93. The number of hydrogen-bond acceptors (Lipinski definition) is 6. The van der Waals surface area contributed by atoms with Crippen LogP contribution < -0.4 is 0 Å². The maximum atomic E-state index is 13.1. The van der Waals surface area contributed by atoms with Crippen LogP contribution in [0.15, 0.2) is 4.42 Å². The zero-order valence-electron chi connectivity index (χ0n) is 19.3. The molecule has 3 fully saturated rings. The molecule has 8 nitrogen and oxygen atoms in total. The first-order chi connectivity index (χ1) is 14.9. The molecule has 4 rings (SSSR count). The predicted molar refractivity (Wildman–Crippen MR) is 116 cm³/mol. The number of carbonyl (C=O) groups is 2. The van der Waals surface area contributed by atoms with Crippen molar-refractivity contribution >= 4 is 11.8 Å². The topological polar surface area (TPSA) is 82.8 Å². The highest BCUT2D eigenvalue weighted by molar-refractivity contribution is 5.78. The first kappa shape index (κ1) is 22.2. The summed E-state index contributed by atoms with van der Waals surface area (Å²) in [5, 5.41) is 8.63. The van der Waals surface area contributed by atoms with Gasteiger partial charge in [0.05, 0.1) is 12.6 Å². The van der Waals surface area contributed by atoms with Crippen LogP contribution in [-0.2, 0) is 9.59 Å². The Hall–Kier alpha value is -1.96. The summed E-state index contributed by atoms with van der Waals surface area (Å²) in [5.74, 6) is 1.92. The molecule has 1 aromatic heterocycles. The Bertz CT molecular complexity index is 778. The molecule has 0 radical (unpaired) electrons. The third-order valence-corrected chi connectivity index (χ3v) is 7.37. The van der Waals surface area contributed by atoms with Gasteiger partial charge in [0.2, 0.25) is 23.6 Å². The molecule has 0 N–H and O–H groups in total. The number of rotatable bonds is 5. The number of carbonyl (C=O) groups excluding carboxylic acids is 2. The number of aromatic nitrogens is 2. The van der Waals surface area contributed by atoms with Gasteiger partial charge in [-0.1, -0.05) is 20.8 Å². The molecule has 0 aromatic carbocycles. The molecule has 1 unspecified atom stereocenters. The molecule has 1 spiro atoms. The number of hydrogen-bond donors (Lipinski definition) is 0. The third kappa shape index (κ3) is 4.78. The molecule has 0 saturated carbocycles. The first-order valence-electron chi connectivity index (χ1n) is 12.0. The van der Waals surface area contributed by atoms with Crippen molar-refractivity contribution in [3.8, 4) is 0 Å². The summed E-state index contributed by atoms with van der Waals surface area (Å²) in [7, 11) is 0. The van der Waals surface area contributed by atoms with E-state index in [9.17, 15) is 9.59 Å². The van der Waals surface area contributed by atoms with Gasteiger partial charge in [0.15, 0.2) is 0 Å². The molecule has 8 heteroatoms. The average molecular weight is 432 g/mol. The van der Waals surface area contributed by atoms with Crippen molar-refractivity contribution in [2.45, 2.75) is 77.7 Å². The smallest absolute Gasteiger partial charge is 0.236 e. The molecule has 0 aliphatic carbocycles. The van der Waals surface area contributed by atoms with Gasteiger partial charge >= 0.3 is 0 Å². The van der Waals surface area contributed by atoms with Crippen LogP contribution in [0.3, 0.4) is 0 Å². The normalized spacial score (nSPS) is 24.3. The Morgan fingerprint density at radius 3 is 2.32 bits per heavy atom. The second-order valence-electron chi connectivity index (χ2n) is 9.93. The van der Waals surface area contributed by atoms with E-state index in [2.05, 4.69) is 15.1 Å². The summed E-state index contributed by atoms with van der Waals surface area (Å²) in [6, 6.07) is -0.0258. The minimum Gasteiger partial charge on any atom is -0.423 e. The maximum absolute atomic E-state index is 13.1. The molecule has 1 aromatic rings. The van der Waals surface area contributed by atoms with Crippen molar-refractivity contribution in [1.29, 1.82) is 0 Å². The average Bonchev–Trinajstić information content (AvgIpc) is 3.40. The van der Waals surface area contributed by atoms with E-state index in [-0.39, 0.29) is 29.2 Å². The predicted octanol–water partition coefficient (Wildman–Crippen LogP) is 2.97. The van der Waals surface area contributed by atoms with E-state index in [0.29, 0.717) is 24.7 Å². The van der Waals surface area contributed by atoms with Crippen molar-refractivity contribution in [3.63, 3.8) is 0 Å². The molecule has 172 valence electrons. The number of likely N-dealkylation sites (tertiary alicyclic amines) is 3. The standard InChI is InChI=1S/C23H37N5O3/c1-4-19(29)27-12-8-23(9-13-27)14-18(22-25-24-21(31-22)17(2)3)28(16-23)15-20(30)26-10-6-5-7-11-26/h17-18H,4-16H2,1-3H3. The van der Waals surface area contributed by atoms with Crippen LogP contribution in [0.2, 0.25) is 0 Å². The minimum absolute atomic E-state index is 0.0258. The molecular weight excluding hydrogens is 394 g/mol. The monoisotopic (exact) mass is 431 g/mol. The highest BCUT2D eigenvalue weighted by Gasteiger charge is 2.48. The van der Waals surface area contributed by atoms with Gasteiger partial charge in [-0.15, -0.1) is 10.2 Å². The fourth-order valence-electron chi connectivity index (χ4n) is 5.40. The molecule has 4 heterocycles. The van der Waals surface area contributed by atoms with Gasteiger partial charge in [-0.2, -0.15) is 0 Å². The van der Waals surface area contributed by atoms with E-state index < -0.39 is 0 Å². The van der Waals surface area contributed by atoms with E-state index in [1.165, 1.54) is 6.42 Å². The molecule has 2 amide bonds. The van der Waals surface area contributed by atoms with Gasteiger partial charge in [0.25, 0.3) is 0 Å². The third-order valence-electron chi connectivity index (χ3n) is 7.37. The van der Waals surface area contributed by atoms with Gasteiger partial charge < -0.3 is 14.2 Å². The molecule has 31 heavy (non-hydrogen) atoms. The van der Waals surface area contributed by atoms with Crippen molar-refractivity contribution < 1.29 is 14.0 Å². The lowest BCUT2D eigenvalue weighted by molar-refractivity contribution is -0.133. The van der Waals surface area contributed by atoms with Crippen LogP contribution >= 0.6 is 0 Å². The van der Waals surface area contributed by atoms with Crippen molar-refractivity contribution in [2.75, 3.05) is 39.3 Å². The summed E-state index contributed by atoms with van der Waals surface area (Å²) in [6.07, 6.45) is 6.82. The SMILES string of the molecule is CCC(=O)N1CCC2(CC1)CC(c1nnc(C(C)C)o1)N(CC(=O)N1CCCCC1)C2. The highest BCUT2D eigenvalue weighted by Crippen LogP contribution is 2.48. The Morgan fingerprint density at radius 1 is 1.03 bits per heavy atom. The Balaban J connectivity index is 1.50. The molecular formula is C23H37N5O3. The van der Waals surface area contributed by atoms with E-state index in [4.69, 9.17) is 4.42 Å². The lowest BCUT2D eigenvalue weighted by Crippen LogP contribution is -2.45. The lowest BCUT2D eigenvalue weighted by Gasteiger charge is -2.39. The van der Waals surface area contributed by atoms with E-state index in [0.717, 1.165) is 64.8 Å². The quantitative estimate of drug-likeness (QED) is 0.713. The van der Waals surface area contributed by atoms with Crippen molar-refractivity contribution in [2.24, 2.45) is 5.41 Å². The minimum atomic E-state index is -0.0258. The van der Waals surface area contributed by atoms with Crippen LogP contribution in [0.1, 0.15) is 89.5 Å². The van der Waals surface area contributed by atoms with Gasteiger partial charge in [-0.05, 0) is 43.9 Å². The Kier molecular flexibility index (Phi) is 6.65. The van der Waals surface area contributed by atoms with Crippen LogP contribution in [0, 0.1) is 5.41 Å². The number of piperidine rings is 2. The van der Waals surface area contributed by atoms with E-state index in [1.807, 2.05) is 30.6 Å². The highest BCUT2D eigenvalue weighted by atomic mass is 16.4. The lowest BCUT2D eigenvalue weighted by atomic mass is 9.76. The molecule has 3 aliphatic heterocycles. The van der Waals surface area contributed by atoms with Crippen LogP contribution in [-0.4, -0.2) is 76.0 Å². The zero-order chi connectivity index (χ0) is 22.0. The van der Waals surface area contributed by atoms with E-state index >= 15 is 0 Å². The summed E-state index contributed by atoms with van der Waals surface area (Å²) in [6.45, 7) is 10.6. The van der Waals surface area contributed by atoms with Crippen molar-refractivity contribution in [3.05, 3.63) is 11.8 Å². The summed E-state index contributed by atoms with van der Waals surface area (Å²) in [5.41, 5.74) is 0.101. The van der Waals surface area contributed by atoms with Crippen molar-refractivity contribution in [1.82, 2.24) is 24.9 Å². The van der Waals surface area contributed by atoms with Gasteiger partial charge in [0.1, 0.15) is 0 Å². The molecule has 0 bridgehead atoms. The zero-order valence-corrected chi connectivity index (χ0v) is 19.3. The van der Waals surface area contributed by atoms with Gasteiger partial charge in [-0.3, -0.25) is 14.5 Å². The fourth-order valence-corrected chi connectivity index (χ4v) is 5.40. The van der Waals surface area contributed by atoms with Crippen LogP contribution in [0.5, 0.6) is 0 Å². The van der Waals surface area contributed by atoms with Crippen LogP contribution in [0.25, 0.3) is 0 Å². The molecule has 3 saturated heterocycles. The Morgan fingerprint density at radius 2 is 1.71 bits per heavy atom. The summed E-state index contributed by atoms with van der Waals surface area (Å²) in [4.78, 5) is 31.5. The summed E-state index contributed by atoms with van der Waals surface area (Å²) >= 11 is 0. The van der Waals surface area contributed by atoms with Gasteiger partial charge in [-0.25, -0.2) is 0 Å². The van der Waals surface area contributed by atoms with Crippen LogP contribution in [0.4, 0.5) is 0 Å². The second kappa shape index (κ2) is 9.27. The largest absolute Gasteiger partial charge is 0.423 e. The van der Waals surface area contributed by atoms with E-state index in [1.54, 1.807) is 0 Å². The first-order valence-corrected chi connectivity index (χ1v) is 12.0. The van der Waals surface area contributed by atoms with Gasteiger partial charge in [0, 0.05) is 45.1 Å². The number of amides is 2. The maximum Gasteiger partial charge on any atom is 0.236 e. The Labute approximate surface area is 185 Å². The molecule has 1 atom stereocenters. The fraction of sp³-hybridized carbons (Fsp3) is 0.826. The molecule has 3 aliphatic rings.